The molecule has 0 aliphatic heterocycles. The number of nitrogens with two attached hydrogens (primary N) is 1. The van der Waals surface area contributed by atoms with Crippen LogP contribution in [-0.2, 0) is 6.54 Å². The number of hydrogen-bond donors (Lipinski definition) is 1. The molecule has 0 amide bonds. The van der Waals surface area contributed by atoms with Crippen molar-refractivity contribution in [2.45, 2.75) is 13.5 Å². The van der Waals surface area contributed by atoms with Gasteiger partial charge in [0, 0.05) is 11.9 Å². The van der Waals surface area contributed by atoms with Crippen LogP contribution in [0.3, 0.4) is 0 Å². The van der Waals surface area contributed by atoms with Gasteiger partial charge in [-0.1, -0.05) is 17.9 Å². The number of hydrogen-bond acceptors (Lipinski definition) is 3. The fourth-order valence-corrected chi connectivity index (χ4v) is 1.83. The molecule has 0 saturated carbocycles. The van der Waals surface area contributed by atoms with Crippen molar-refractivity contribution in [2.24, 2.45) is 5.73 Å². The SMILES string of the molecule is COc1ccc(Cn2nccc2C)cc1C#CCN. The monoisotopic (exact) mass is 255 g/mol. The predicted molar refractivity (Wildman–Crippen MR) is 75.0 cm³/mol. The summed E-state index contributed by atoms with van der Waals surface area (Å²) in [6.45, 7) is 3.09. The summed E-state index contributed by atoms with van der Waals surface area (Å²) < 4.78 is 7.24. The molecule has 1 heterocycles. The maximum Gasteiger partial charge on any atom is 0.134 e. The zero-order valence-corrected chi connectivity index (χ0v) is 11.2. The van der Waals surface area contributed by atoms with Crippen LogP contribution in [0.2, 0.25) is 0 Å². The second kappa shape index (κ2) is 6.07. The van der Waals surface area contributed by atoms with Crippen molar-refractivity contribution in [2.75, 3.05) is 13.7 Å². The van der Waals surface area contributed by atoms with Gasteiger partial charge >= 0.3 is 0 Å². The van der Waals surface area contributed by atoms with Crippen LogP contribution in [0, 0.1) is 18.8 Å². The first-order valence-electron chi connectivity index (χ1n) is 6.09. The highest BCUT2D eigenvalue weighted by Crippen LogP contribution is 2.19. The van der Waals surface area contributed by atoms with Crippen molar-refractivity contribution in [1.82, 2.24) is 9.78 Å². The lowest BCUT2D eigenvalue weighted by molar-refractivity contribution is 0.413. The zero-order chi connectivity index (χ0) is 13.7. The van der Waals surface area contributed by atoms with Gasteiger partial charge in [-0.05, 0) is 30.7 Å². The lowest BCUT2D eigenvalue weighted by Crippen LogP contribution is -2.04. The quantitative estimate of drug-likeness (QED) is 0.847. The molecule has 0 atom stereocenters. The van der Waals surface area contributed by atoms with Gasteiger partial charge in [-0.3, -0.25) is 4.68 Å². The molecule has 4 heteroatoms. The molecule has 19 heavy (non-hydrogen) atoms. The smallest absolute Gasteiger partial charge is 0.134 e. The molecule has 0 bridgehead atoms. The summed E-state index contributed by atoms with van der Waals surface area (Å²) in [6, 6.07) is 7.95. The van der Waals surface area contributed by atoms with E-state index in [-0.39, 0.29) is 0 Å². The van der Waals surface area contributed by atoms with E-state index in [9.17, 15) is 0 Å². The van der Waals surface area contributed by atoms with E-state index < -0.39 is 0 Å². The topological polar surface area (TPSA) is 53.1 Å². The Kier molecular flexibility index (Phi) is 4.22. The summed E-state index contributed by atoms with van der Waals surface area (Å²) in [5.41, 5.74) is 8.53. The molecular weight excluding hydrogens is 238 g/mol. The molecule has 0 fully saturated rings. The minimum atomic E-state index is 0.339. The second-order valence-electron chi connectivity index (χ2n) is 4.17. The van der Waals surface area contributed by atoms with E-state index in [1.54, 1.807) is 13.3 Å². The molecule has 0 aliphatic carbocycles. The molecule has 2 aromatic rings. The molecule has 2 N–H and O–H groups in total. The summed E-state index contributed by atoms with van der Waals surface area (Å²) in [7, 11) is 1.64. The highest BCUT2D eigenvalue weighted by Gasteiger charge is 2.04. The summed E-state index contributed by atoms with van der Waals surface area (Å²) in [5, 5.41) is 4.27. The fourth-order valence-electron chi connectivity index (χ4n) is 1.83. The normalized spacial score (nSPS) is 9.84. The Bertz CT molecular complexity index is 620. The standard InChI is InChI=1S/C15H17N3O/c1-12-7-9-17-18(12)11-13-5-6-15(19-2)14(10-13)4-3-8-16/h5-7,9-10H,8,11,16H2,1-2H3. The van der Waals surface area contributed by atoms with Crippen LogP contribution < -0.4 is 10.5 Å². The molecule has 4 nitrogen and oxygen atoms in total. The van der Waals surface area contributed by atoms with E-state index in [1.165, 1.54) is 0 Å². The number of aromatic nitrogens is 2. The molecule has 98 valence electrons. The van der Waals surface area contributed by atoms with Crippen LogP contribution in [0.4, 0.5) is 0 Å². The van der Waals surface area contributed by atoms with Gasteiger partial charge in [-0.15, -0.1) is 0 Å². The number of ether oxygens (including phenoxy) is 1. The van der Waals surface area contributed by atoms with Crippen LogP contribution in [0.1, 0.15) is 16.8 Å². The van der Waals surface area contributed by atoms with Gasteiger partial charge < -0.3 is 10.5 Å². The first-order valence-corrected chi connectivity index (χ1v) is 6.09. The summed E-state index contributed by atoms with van der Waals surface area (Å²) in [6.07, 6.45) is 1.80. The Hall–Kier alpha value is -2.25. The van der Waals surface area contributed by atoms with Crippen molar-refractivity contribution >= 4 is 0 Å². The lowest BCUT2D eigenvalue weighted by Gasteiger charge is -2.08. The molecule has 0 aliphatic rings. The fraction of sp³-hybridized carbons (Fsp3) is 0.267. The molecule has 0 radical (unpaired) electrons. The largest absolute Gasteiger partial charge is 0.495 e. The van der Waals surface area contributed by atoms with Crippen molar-refractivity contribution < 1.29 is 4.74 Å². The van der Waals surface area contributed by atoms with Gasteiger partial charge in [0.25, 0.3) is 0 Å². The number of rotatable bonds is 3. The lowest BCUT2D eigenvalue weighted by atomic mass is 10.1. The number of aryl methyl sites for hydroxylation is 1. The Morgan fingerprint density at radius 3 is 2.84 bits per heavy atom. The maximum atomic E-state index is 5.41. The Morgan fingerprint density at radius 2 is 2.21 bits per heavy atom. The van der Waals surface area contributed by atoms with Gasteiger partial charge in [-0.25, -0.2) is 0 Å². The minimum Gasteiger partial charge on any atom is -0.495 e. The minimum absolute atomic E-state index is 0.339. The van der Waals surface area contributed by atoms with Crippen LogP contribution in [0.25, 0.3) is 0 Å². The third-order valence-corrected chi connectivity index (χ3v) is 2.85. The number of nitrogens with zero attached hydrogens (tertiary/aromatic N) is 2. The average Bonchev–Trinajstić information content (AvgIpc) is 2.82. The van der Waals surface area contributed by atoms with E-state index >= 15 is 0 Å². The van der Waals surface area contributed by atoms with Gasteiger partial charge in [0.15, 0.2) is 0 Å². The Labute approximate surface area is 113 Å². The summed E-state index contributed by atoms with van der Waals surface area (Å²) in [4.78, 5) is 0. The van der Waals surface area contributed by atoms with Crippen LogP contribution in [-0.4, -0.2) is 23.4 Å². The molecular formula is C15H17N3O. The van der Waals surface area contributed by atoms with Gasteiger partial charge in [0.05, 0.1) is 25.8 Å². The van der Waals surface area contributed by atoms with Crippen molar-refractivity contribution in [3.8, 4) is 17.6 Å². The Balaban J connectivity index is 2.30. The van der Waals surface area contributed by atoms with Gasteiger partial charge in [-0.2, -0.15) is 5.10 Å². The number of benzene rings is 1. The van der Waals surface area contributed by atoms with Gasteiger partial charge in [0.1, 0.15) is 5.75 Å². The zero-order valence-electron chi connectivity index (χ0n) is 11.2. The summed E-state index contributed by atoms with van der Waals surface area (Å²) in [5.74, 6) is 6.65. The maximum absolute atomic E-state index is 5.41. The van der Waals surface area contributed by atoms with Crippen LogP contribution >= 0.6 is 0 Å². The van der Waals surface area contributed by atoms with E-state index in [4.69, 9.17) is 10.5 Å². The molecule has 0 saturated heterocycles. The highest BCUT2D eigenvalue weighted by molar-refractivity contribution is 5.48. The van der Waals surface area contributed by atoms with E-state index in [1.807, 2.05) is 35.9 Å². The van der Waals surface area contributed by atoms with E-state index in [0.717, 1.165) is 29.1 Å². The van der Waals surface area contributed by atoms with Crippen molar-refractivity contribution in [3.63, 3.8) is 0 Å². The molecule has 1 aromatic carbocycles. The van der Waals surface area contributed by atoms with Crippen LogP contribution in [0.5, 0.6) is 5.75 Å². The molecule has 0 spiro atoms. The molecule has 0 unspecified atom stereocenters. The second-order valence-corrected chi connectivity index (χ2v) is 4.17. The summed E-state index contributed by atoms with van der Waals surface area (Å²) >= 11 is 0. The third kappa shape index (κ3) is 3.15. The van der Waals surface area contributed by atoms with Crippen molar-refractivity contribution in [3.05, 3.63) is 47.3 Å². The molecule has 2 rings (SSSR count). The van der Waals surface area contributed by atoms with E-state index in [2.05, 4.69) is 16.9 Å². The first kappa shape index (κ1) is 13.2. The first-order chi connectivity index (χ1) is 9.24. The average molecular weight is 255 g/mol. The Morgan fingerprint density at radius 1 is 1.37 bits per heavy atom. The van der Waals surface area contributed by atoms with Crippen molar-refractivity contribution in [1.29, 1.82) is 0 Å². The van der Waals surface area contributed by atoms with Crippen LogP contribution in [0.15, 0.2) is 30.5 Å². The van der Waals surface area contributed by atoms with Gasteiger partial charge in [0.2, 0.25) is 0 Å². The van der Waals surface area contributed by atoms with E-state index in [0.29, 0.717) is 6.54 Å². The third-order valence-electron chi connectivity index (χ3n) is 2.85. The highest BCUT2D eigenvalue weighted by atomic mass is 16.5. The molecule has 1 aromatic heterocycles. The predicted octanol–water partition coefficient (Wildman–Crippen LogP) is 1.56. The number of methoxy groups -OCH3 is 1.